The van der Waals surface area contributed by atoms with E-state index in [2.05, 4.69) is 0 Å². The lowest BCUT2D eigenvalue weighted by Gasteiger charge is -1.95. The summed E-state index contributed by atoms with van der Waals surface area (Å²) in [5, 5.41) is 0.669. The van der Waals surface area contributed by atoms with Crippen molar-refractivity contribution in [3.05, 3.63) is 28.8 Å². The van der Waals surface area contributed by atoms with Crippen molar-refractivity contribution in [1.82, 2.24) is 5.73 Å². The summed E-state index contributed by atoms with van der Waals surface area (Å²) in [6.07, 6.45) is 0. The van der Waals surface area contributed by atoms with Gasteiger partial charge in [0.25, 0.3) is 0 Å². The molecule has 1 N–H and O–H groups in total. The second-order valence-corrected chi connectivity index (χ2v) is 2.37. The van der Waals surface area contributed by atoms with Gasteiger partial charge in [0.2, 0.25) is 0 Å². The Balaban J connectivity index is 3.17. The van der Waals surface area contributed by atoms with Crippen LogP contribution in [0.2, 0.25) is 5.02 Å². The molecule has 0 aliphatic rings. The first kappa shape index (κ1) is 6.43. The molecule has 0 bridgehead atoms. The minimum absolute atomic E-state index is 0.464. The van der Waals surface area contributed by atoms with Crippen molar-refractivity contribution >= 4 is 17.3 Å². The molecule has 0 saturated heterocycles. The minimum Gasteiger partial charge on any atom is -0.301 e. The van der Waals surface area contributed by atoms with Crippen LogP contribution in [0.3, 0.4) is 0 Å². The second-order valence-electron chi connectivity index (χ2n) is 1.96. The van der Waals surface area contributed by atoms with Gasteiger partial charge < -0.3 is 5.73 Å². The van der Waals surface area contributed by atoms with Crippen LogP contribution < -0.4 is 5.73 Å². The molecule has 0 aliphatic heterocycles. The Labute approximate surface area is 59.4 Å². The van der Waals surface area contributed by atoms with Crippen LogP contribution in [0.1, 0.15) is 5.56 Å². The number of rotatable bonds is 0. The minimum atomic E-state index is 0.464. The van der Waals surface area contributed by atoms with E-state index in [9.17, 15) is 0 Å². The van der Waals surface area contributed by atoms with Crippen molar-refractivity contribution in [1.29, 1.82) is 0 Å². The molecule has 0 heterocycles. The van der Waals surface area contributed by atoms with E-state index in [0.29, 0.717) is 10.7 Å². The molecule has 1 rings (SSSR count). The number of benzene rings is 1. The molecular formula is C7H7ClN. The molecule has 0 spiro atoms. The highest BCUT2D eigenvalue weighted by molar-refractivity contribution is 6.31. The van der Waals surface area contributed by atoms with Crippen LogP contribution in [-0.2, 0) is 0 Å². The number of nitrogens with one attached hydrogen (secondary N) is 1. The van der Waals surface area contributed by atoms with E-state index in [0.717, 1.165) is 5.56 Å². The summed E-state index contributed by atoms with van der Waals surface area (Å²) < 4.78 is 0. The van der Waals surface area contributed by atoms with Gasteiger partial charge in [-0.25, -0.2) is 0 Å². The van der Waals surface area contributed by atoms with Gasteiger partial charge in [-0.2, -0.15) is 0 Å². The first-order valence-corrected chi connectivity index (χ1v) is 3.05. The zero-order valence-corrected chi connectivity index (χ0v) is 5.87. The van der Waals surface area contributed by atoms with Crippen molar-refractivity contribution in [3.8, 4) is 0 Å². The highest BCUT2D eigenvalue weighted by Crippen LogP contribution is 2.17. The van der Waals surface area contributed by atoms with Crippen LogP contribution in [0, 0.1) is 6.92 Å². The predicted molar refractivity (Wildman–Crippen MR) is 38.9 cm³/mol. The molecule has 2 heteroatoms. The molecule has 0 saturated carbocycles. The number of aryl methyl sites for hydroxylation is 1. The Kier molecular flexibility index (Phi) is 1.63. The number of halogens is 1. The average molecular weight is 141 g/mol. The fourth-order valence-corrected chi connectivity index (χ4v) is 0.773. The lowest BCUT2D eigenvalue weighted by molar-refractivity contribution is 1.42. The SMILES string of the molecule is Cc1ccc([NH])cc1Cl. The zero-order chi connectivity index (χ0) is 6.85. The Hall–Kier alpha value is -0.690. The van der Waals surface area contributed by atoms with Gasteiger partial charge in [0.15, 0.2) is 0 Å². The largest absolute Gasteiger partial charge is 0.301 e. The quantitative estimate of drug-likeness (QED) is 0.529. The smallest absolute Gasteiger partial charge is 0.0554 e. The Morgan fingerprint density at radius 3 is 2.56 bits per heavy atom. The fourth-order valence-electron chi connectivity index (χ4n) is 0.593. The Morgan fingerprint density at radius 2 is 2.11 bits per heavy atom. The van der Waals surface area contributed by atoms with Gasteiger partial charge in [-0.05, 0) is 24.6 Å². The molecule has 0 amide bonds. The summed E-state index contributed by atoms with van der Waals surface area (Å²) in [5.74, 6) is 0. The molecule has 9 heavy (non-hydrogen) atoms. The second kappa shape index (κ2) is 2.28. The van der Waals surface area contributed by atoms with E-state index < -0.39 is 0 Å². The van der Waals surface area contributed by atoms with E-state index in [1.165, 1.54) is 0 Å². The highest BCUT2D eigenvalue weighted by Gasteiger charge is 1.92. The van der Waals surface area contributed by atoms with E-state index in [1.54, 1.807) is 12.1 Å². The summed E-state index contributed by atoms with van der Waals surface area (Å²) in [6.45, 7) is 1.92. The van der Waals surface area contributed by atoms with E-state index >= 15 is 0 Å². The number of hydrogen-bond donors (Lipinski definition) is 0. The molecule has 1 aromatic rings. The van der Waals surface area contributed by atoms with Crippen molar-refractivity contribution in [2.24, 2.45) is 0 Å². The van der Waals surface area contributed by atoms with Gasteiger partial charge in [-0.15, -0.1) is 0 Å². The maximum Gasteiger partial charge on any atom is 0.0554 e. The van der Waals surface area contributed by atoms with Gasteiger partial charge in [-0.1, -0.05) is 17.7 Å². The van der Waals surface area contributed by atoms with Crippen LogP contribution in [0.5, 0.6) is 0 Å². The first-order valence-electron chi connectivity index (χ1n) is 2.68. The Bertz CT molecular complexity index is 220. The monoisotopic (exact) mass is 140 g/mol. The molecule has 0 atom stereocenters. The standard InChI is InChI=1S/C7H7ClN/c1-5-2-3-6(9)4-7(5)8/h2-4,9H,1H3. The maximum atomic E-state index is 7.15. The van der Waals surface area contributed by atoms with Crippen LogP contribution in [0.4, 0.5) is 5.69 Å². The molecule has 1 nitrogen and oxygen atoms in total. The van der Waals surface area contributed by atoms with Crippen molar-refractivity contribution in [2.45, 2.75) is 6.92 Å². The van der Waals surface area contributed by atoms with Crippen LogP contribution in [-0.4, -0.2) is 0 Å². The first-order chi connectivity index (χ1) is 4.20. The third-order valence-corrected chi connectivity index (χ3v) is 1.58. The fraction of sp³-hybridized carbons (Fsp3) is 0.143. The molecule has 47 valence electrons. The summed E-state index contributed by atoms with van der Waals surface area (Å²) in [6, 6.07) is 5.20. The molecule has 1 radical (unpaired) electrons. The predicted octanol–water partition coefficient (Wildman–Crippen LogP) is 2.56. The van der Waals surface area contributed by atoms with Crippen molar-refractivity contribution < 1.29 is 0 Å². The van der Waals surface area contributed by atoms with Crippen LogP contribution in [0.25, 0.3) is 0 Å². The lowest BCUT2D eigenvalue weighted by Crippen LogP contribution is -1.74. The lowest BCUT2D eigenvalue weighted by atomic mass is 10.2. The van der Waals surface area contributed by atoms with E-state index in [-0.39, 0.29) is 0 Å². The van der Waals surface area contributed by atoms with Crippen molar-refractivity contribution in [3.63, 3.8) is 0 Å². The van der Waals surface area contributed by atoms with E-state index in [1.807, 2.05) is 13.0 Å². The van der Waals surface area contributed by atoms with Gasteiger partial charge in [0, 0.05) is 5.02 Å². The molecule has 0 aliphatic carbocycles. The summed E-state index contributed by atoms with van der Waals surface area (Å²) in [4.78, 5) is 0. The number of hydrogen-bond acceptors (Lipinski definition) is 0. The summed E-state index contributed by atoms with van der Waals surface area (Å²) >= 11 is 5.69. The topological polar surface area (TPSA) is 23.8 Å². The molecule has 0 unspecified atom stereocenters. The van der Waals surface area contributed by atoms with Gasteiger partial charge >= 0.3 is 0 Å². The molecule has 0 aromatic heterocycles. The van der Waals surface area contributed by atoms with Gasteiger partial charge in [0.05, 0.1) is 5.69 Å². The van der Waals surface area contributed by atoms with Gasteiger partial charge in [0.1, 0.15) is 0 Å². The maximum absolute atomic E-state index is 7.15. The third-order valence-electron chi connectivity index (χ3n) is 1.17. The third kappa shape index (κ3) is 1.36. The zero-order valence-electron chi connectivity index (χ0n) is 5.11. The summed E-state index contributed by atoms with van der Waals surface area (Å²) in [5.41, 5.74) is 8.63. The van der Waals surface area contributed by atoms with E-state index in [4.69, 9.17) is 17.3 Å². The highest BCUT2D eigenvalue weighted by atomic mass is 35.5. The molecule has 0 fully saturated rings. The average Bonchev–Trinajstić information content (AvgIpc) is 1.80. The van der Waals surface area contributed by atoms with Crippen LogP contribution in [0.15, 0.2) is 18.2 Å². The molecule has 1 aromatic carbocycles. The van der Waals surface area contributed by atoms with Crippen LogP contribution >= 0.6 is 11.6 Å². The Morgan fingerprint density at radius 1 is 1.44 bits per heavy atom. The van der Waals surface area contributed by atoms with Gasteiger partial charge in [-0.3, -0.25) is 0 Å². The molecular weight excluding hydrogens is 134 g/mol. The van der Waals surface area contributed by atoms with Crippen molar-refractivity contribution in [2.75, 3.05) is 0 Å². The summed E-state index contributed by atoms with van der Waals surface area (Å²) in [7, 11) is 0. The normalized spacial score (nSPS) is 9.56.